The summed E-state index contributed by atoms with van der Waals surface area (Å²) in [6.45, 7) is 3.48. The highest BCUT2D eigenvalue weighted by Crippen LogP contribution is 2.26. The Kier molecular flexibility index (Phi) is 6.07. The molecule has 0 aliphatic heterocycles. The first kappa shape index (κ1) is 23.4. The highest BCUT2D eigenvalue weighted by molar-refractivity contribution is 7.92. The number of hydrogen-bond donors (Lipinski definition) is 1. The Morgan fingerprint density at radius 1 is 0.944 bits per heavy atom. The molecule has 0 saturated carbocycles. The standard InChI is InChI=1S/C27H23N3O5S/c1-17-18(2)29-35-27(17)30-36(31,32)22-12-9-20(10-13-22)28-24-16-26(19-7-5-4-6-8-19)34-25-14-11-21(33-3)15-23(24)25/h4-16,30H,1-3H3. The lowest BCUT2D eigenvalue weighted by Gasteiger charge is -2.07. The molecule has 0 amide bonds. The van der Waals surface area contributed by atoms with E-state index in [9.17, 15) is 8.42 Å². The van der Waals surface area contributed by atoms with Crippen LogP contribution >= 0.6 is 0 Å². The smallest absolute Gasteiger partial charge is 0.264 e. The fourth-order valence-electron chi connectivity index (χ4n) is 3.64. The second-order valence-electron chi connectivity index (χ2n) is 8.16. The van der Waals surface area contributed by atoms with E-state index in [2.05, 4.69) is 9.88 Å². The number of ether oxygens (including phenoxy) is 1. The molecule has 0 spiro atoms. The third kappa shape index (κ3) is 4.60. The van der Waals surface area contributed by atoms with Crippen LogP contribution in [-0.2, 0) is 10.0 Å². The highest BCUT2D eigenvalue weighted by Gasteiger charge is 2.19. The number of benzene rings is 3. The molecule has 2 aromatic heterocycles. The van der Waals surface area contributed by atoms with Gasteiger partial charge in [-0.15, -0.1) is 0 Å². The van der Waals surface area contributed by atoms with E-state index < -0.39 is 10.0 Å². The van der Waals surface area contributed by atoms with Gasteiger partial charge in [0.05, 0.1) is 28.7 Å². The van der Waals surface area contributed by atoms with Gasteiger partial charge >= 0.3 is 0 Å². The van der Waals surface area contributed by atoms with E-state index >= 15 is 0 Å². The average molecular weight is 502 g/mol. The molecule has 0 unspecified atom stereocenters. The van der Waals surface area contributed by atoms with Crippen molar-refractivity contribution in [3.63, 3.8) is 0 Å². The van der Waals surface area contributed by atoms with Gasteiger partial charge in [0.25, 0.3) is 10.0 Å². The first-order chi connectivity index (χ1) is 17.3. The Morgan fingerprint density at radius 2 is 1.69 bits per heavy atom. The molecule has 182 valence electrons. The van der Waals surface area contributed by atoms with Gasteiger partial charge in [0.15, 0.2) is 0 Å². The van der Waals surface area contributed by atoms with E-state index in [-0.39, 0.29) is 10.8 Å². The first-order valence-corrected chi connectivity index (χ1v) is 12.6. The summed E-state index contributed by atoms with van der Waals surface area (Å²) in [4.78, 5) is 4.87. The zero-order chi connectivity index (χ0) is 25.3. The van der Waals surface area contributed by atoms with Crippen LogP contribution in [0.25, 0.3) is 22.3 Å². The van der Waals surface area contributed by atoms with Gasteiger partial charge in [-0.3, -0.25) is 0 Å². The molecule has 36 heavy (non-hydrogen) atoms. The summed E-state index contributed by atoms with van der Waals surface area (Å²) in [6.07, 6.45) is 0. The van der Waals surface area contributed by atoms with E-state index in [4.69, 9.17) is 18.7 Å². The lowest BCUT2D eigenvalue weighted by molar-refractivity contribution is 0.415. The maximum absolute atomic E-state index is 12.8. The molecule has 2 heterocycles. The molecule has 0 atom stereocenters. The van der Waals surface area contributed by atoms with Gasteiger partial charge in [0, 0.05) is 22.6 Å². The van der Waals surface area contributed by atoms with Crippen LogP contribution in [-0.4, -0.2) is 20.7 Å². The second-order valence-corrected chi connectivity index (χ2v) is 9.84. The van der Waals surface area contributed by atoms with E-state index in [1.165, 1.54) is 12.1 Å². The molecular weight excluding hydrogens is 478 g/mol. The van der Waals surface area contributed by atoms with Gasteiger partial charge in [0.2, 0.25) is 5.88 Å². The van der Waals surface area contributed by atoms with Crippen molar-refractivity contribution in [1.82, 2.24) is 5.16 Å². The summed E-state index contributed by atoms with van der Waals surface area (Å²) >= 11 is 0. The topological polar surface area (TPSA) is 107 Å². The molecule has 5 rings (SSSR count). The van der Waals surface area contributed by atoms with E-state index in [1.807, 2.05) is 54.6 Å². The lowest BCUT2D eigenvalue weighted by Crippen LogP contribution is -2.13. The average Bonchev–Trinajstić information content (AvgIpc) is 3.21. The Labute approximate surface area is 207 Å². The molecule has 8 nitrogen and oxygen atoms in total. The van der Waals surface area contributed by atoms with Crippen LogP contribution < -0.4 is 14.8 Å². The molecule has 0 bridgehead atoms. The number of nitrogens with one attached hydrogen (secondary N) is 1. The number of aryl methyl sites for hydroxylation is 1. The number of hydrogen-bond acceptors (Lipinski definition) is 7. The third-order valence-electron chi connectivity index (χ3n) is 5.79. The summed E-state index contributed by atoms with van der Waals surface area (Å²) in [7, 11) is -2.26. The number of aromatic nitrogens is 1. The Morgan fingerprint density at radius 3 is 2.36 bits per heavy atom. The minimum atomic E-state index is -3.86. The van der Waals surface area contributed by atoms with Crippen LogP contribution in [0.3, 0.4) is 0 Å². The molecular formula is C27H23N3O5S. The summed E-state index contributed by atoms with van der Waals surface area (Å²) in [5, 5.41) is 5.22. The molecule has 9 heteroatoms. The number of methoxy groups -OCH3 is 1. The Hall–Kier alpha value is -4.37. The lowest BCUT2D eigenvalue weighted by atomic mass is 10.1. The maximum Gasteiger partial charge on any atom is 0.264 e. The summed E-state index contributed by atoms with van der Waals surface area (Å²) in [5.41, 5.74) is 3.40. The molecule has 0 fully saturated rings. The predicted molar refractivity (Wildman–Crippen MR) is 137 cm³/mol. The summed E-state index contributed by atoms with van der Waals surface area (Å²) in [5.74, 6) is 1.43. The molecule has 0 saturated heterocycles. The maximum atomic E-state index is 12.8. The van der Waals surface area contributed by atoms with Crippen molar-refractivity contribution in [3.8, 4) is 17.1 Å². The number of anilines is 1. The summed E-state index contributed by atoms with van der Waals surface area (Å²) < 4.78 is 44.7. The van der Waals surface area contributed by atoms with Gasteiger partial charge in [-0.1, -0.05) is 35.5 Å². The first-order valence-electron chi connectivity index (χ1n) is 11.1. The van der Waals surface area contributed by atoms with Gasteiger partial charge in [-0.05, 0) is 56.3 Å². The van der Waals surface area contributed by atoms with E-state index in [0.717, 1.165) is 10.9 Å². The number of fused-ring (bicyclic) bond motifs is 1. The molecule has 1 N–H and O–H groups in total. The molecule has 0 radical (unpaired) electrons. The van der Waals surface area contributed by atoms with Crippen LogP contribution in [0.5, 0.6) is 5.75 Å². The van der Waals surface area contributed by atoms with Crippen molar-refractivity contribution < 1.29 is 22.1 Å². The van der Waals surface area contributed by atoms with Crippen LogP contribution in [0.2, 0.25) is 0 Å². The van der Waals surface area contributed by atoms with Crippen LogP contribution in [0, 0.1) is 13.8 Å². The quantitative estimate of drug-likeness (QED) is 0.318. The van der Waals surface area contributed by atoms with Crippen molar-refractivity contribution >= 4 is 32.6 Å². The summed E-state index contributed by atoms with van der Waals surface area (Å²) in [6, 6.07) is 23.4. The number of nitrogens with zero attached hydrogens (tertiary/aromatic N) is 2. The monoisotopic (exact) mass is 501 g/mol. The largest absolute Gasteiger partial charge is 0.497 e. The van der Waals surface area contributed by atoms with E-state index in [0.29, 0.717) is 39.4 Å². The normalized spacial score (nSPS) is 12.1. The number of rotatable bonds is 6. The van der Waals surface area contributed by atoms with Gasteiger partial charge in [-0.2, -0.15) is 0 Å². The minimum Gasteiger partial charge on any atom is -0.497 e. The van der Waals surface area contributed by atoms with Crippen molar-refractivity contribution in [2.24, 2.45) is 4.99 Å². The molecule has 0 aliphatic rings. The van der Waals surface area contributed by atoms with Crippen molar-refractivity contribution in [1.29, 1.82) is 0 Å². The fraction of sp³-hybridized carbons (Fsp3) is 0.111. The van der Waals surface area contributed by atoms with Gasteiger partial charge in [-0.25, -0.2) is 18.1 Å². The van der Waals surface area contributed by atoms with Crippen molar-refractivity contribution in [3.05, 3.63) is 95.5 Å². The van der Waals surface area contributed by atoms with Gasteiger partial charge < -0.3 is 13.7 Å². The predicted octanol–water partition coefficient (Wildman–Crippen LogP) is 5.75. The zero-order valence-corrected chi connectivity index (χ0v) is 20.7. The highest BCUT2D eigenvalue weighted by atomic mass is 32.2. The SMILES string of the molecule is COc1ccc2oc(-c3ccccc3)cc(=Nc3ccc(S(=O)(=O)Nc4onc(C)c4C)cc3)c2c1. The van der Waals surface area contributed by atoms with E-state index in [1.54, 1.807) is 33.1 Å². The Balaban J connectivity index is 1.56. The van der Waals surface area contributed by atoms with Gasteiger partial charge in [0.1, 0.15) is 17.1 Å². The van der Waals surface area contributed by atoms with Crippen LogP contribution in [0.1, 0.15) is 11.3 Å². The zero-order valence-electron chi connectivity index (χ0n) is 19.8. The molecule has 0 aliphatic carbocycles. The van der Waals surface area contributed by atoms with Crippen molar-refractivity contribution in [2.45, 2.75) is 18.7 Å². The van der Waals surface area contributed by atoms with Crippen molar-refractivity contribution in [2.75, 3.05) is 11.8 Å². The third-order valence-corrected chi connectivity index (χ3v) is 7.14. The van der Waals surface area contributed by atoms with Crippen LogP contribution in [0.4, 0.5) is 11.6 Å². The van der Waals surface area contributed by atoms with Crippen LogP contribution in [0.15, 0.2) is 97.7 Å². The molecule has 5 aromatic rings. The minimum absolute atomic E-state index is 0.0782. The second kappa shape index (κ2) is 9.35. The molecule has 3 aromatic carbocycles. The number of sulfonamides is 1. The fourth-order valence-corrected chi connectivity index (χ4v) is 4.69. The Bertz CT molecular complexity index is 1720.